The van der Waals surface area contributed by atoms with E-state index in [4.69, 9.17) is 18.9 Å². The van der Waals surface area contributed by atoms with Crippen molar-refractivity contribution in [1.82, 2.24) is 0 Å². The summed E-state index contributed by atoms with van der Waals surface area (Å²) in [6.07, 6.45) is 15.8. The molecule has 3 rings (SSSR count). The van der Waals surface area contributed by atoms with Crippen molar-refractivity contribution in [3.63, 3.8) is 0 Å². The Labute approximate surface area is 389 Å². The molecular weight excluding hydrogens is 821 g/mol. The van der Waals surface area contributed by atoms with E-state index in [0.717, 1.165) is 103 Å². The zero-order valence-corrected chi connectivity index (χ0v) is 40.8. The summed E-state index contributed by atoms with van der Waals surface area (Å²) in [6, 6.07) is 11.8. The van der Waals surface area contributed by atoms with Crippen molar-refractivity contribution in [3.8, 4) is 28.0 Å². The Morgan fingerprint density at radius 1 is 0.446 bits per heavy atom. The SMILES string of the molecule is CCCCC(CC)COC(=O)c1cc(C(=O)OCC(CC)CCCC)cc(-c2cc(O)cc(-c3cc(C(=O)OCC(CC)CCCC)cc(C(=O)OCC(CC)CCCC)c3)c2C=O)c1. The van der Waals surface area contributed by atoms with E-state index in [-0.39, 0.29) is 106 Å². The highest BCUT2D eigenvalue weighted by molar-refractivity contribution is 6.03. The Kier molecular flexibility index (Phi) is 24.7. The van der Waals surface area contributed by atoms with Crippen LogP contribution in [0.4, 0.5) is 0 Å². The minimum absolute atomic E-state index is 0.0861. The molecule has 0 heterocycles. The molecule has 3 aromatic carbocycles. The van der Waals surface area contributed by atoms with Crippen LogP contribution in [0.2, 0.25) is 0 Å². The van der Waals surface area contributed by atoms with Crippen molar-refractivity contribution >= 4 is 30.2 Å². The summed E-state index contributed by atoms with van der Waals surface area (Å²) in [6.45, 7) is 17.6. The van der Waals surface area contributed by atoms with Gasteiger partial charge in [0.1, 0.15) is 5.75 Å². The first-order chi connectivity index (χ1) is 31.4. The van der Waals surface area contributed by atoms with Crippen LogP contribution in [0.25, 0.3) is 22.3 Å². The van der Waals surface area contributed by atoms with Crippen LogP contribution in [-0.4, -0.2) is 61.7 Å². The standard InChI is InChI=1S/C55H78O10/c1-9-17-21-38(13-5)34-62-52(58)44-25-42(26-45(29-44)53(59)63-35-39(14-6)22-18-10-2)49-31-48(57)32-50(51(49)33-56)43-27-46(54(60)64-36-40(15-7)23-19-11-3)30-47(28-43)55(61)65-37-41(16-8)24-20-12-4/h25-33,38-41,57H,9-24,34-37H2,1-8H3. The largest absolute Gasteiger partial charge is 0.508 e. The molecule has 0 aromatic heterocycles. The molecule has 65 heavy (non-hydrogen) atoms. The van der Waals surface area contributed by atoms with Crippen LogP contribution in [0.3, 0.4) is 0 Å². The van der Waals surface area contributed by atoms with Gasteiger partial charge in [-0.25, -0.2) is 19.2 Å². The number of unbranched alkanes of at least 4 members (excludes halogenated alkanes) is 4. The number of rotatable bonds is 31. The molecule has 0 fully saturated rings. The van der Waals surface area contributed by atoms with Gasteiger partial charge in [-0.05, 0) is 120 Å². The highest BCUT2D eigenvalue weighted by Crippen LogP contribution is 2.38. The molecule has 10 heteroatoms. The summed E-state index contributed by atoms with van der Waals surface area (Å²) in [5.41, 5.74) is 1.42. The predicted octanol–water partition coefficient (Wildman–Crippen LogP) is 14.0. The normalized spacial score (nSPS) is 13.0. The summed E-state index contributed by atoms with van der Waals surface area (Å²) in [5, 5.41) is 11.3. The minimum atomic E-state index is -0.632. The molecule has 3 aromatic rings. The van der Waals surface area contributed by atoms with Crippen LogP contribution in [-0.2, 0) is 18.9 Å². The first kappa shape index (κ1) is 54.3. The fourth-order valence-electron chi connectivity index (χ4n) is 7.98. The zero-order chi connectivity index (χ0) is 47.7. The van der Waals surface area contributed by atoms with Gasteiger partial charge < -0.3 is 24.1 Å². The Hall–Kier alpha value is -4.99. The molecule has 0 radical (unpaired) electrons. The number of aromatic hydroxyl groups is 1. The lowest BCUT2D eigenvalue weighted by atomic mass is 9.89. The molecule has 358 valence electrons. The van der Waals surface area contributed by atoms with Crippen LogP contribution in [0.1, 0.15) is 210 Å². The number of phenolic OH excluding ortho intramolecular Hbond substituents is 1. The van der Waals surface area contributed by atoms with E-state index in [0.29, 0.717) is 6.29 Å². The lowest BCUT2D eigenvalue weighted by Crippen LogP contribution is -2.17. The second-order valence-electron chi connectivity index (χ2n) is 17.7. The number of ether oxygens (including phenoxy) is 4. The van der Waals surface area contributed by atoms with Crippen molar-refractivity contribution in [2.75, 3.05) is 26.4 Å². The number of hydrogen-bond donors (Lipinski definition) is 1. The quantitative estimate of drug-likeness (QED) is 0.0377. The molecule has 4 atom stereocenters. The van der Waals surface area contributed by atoms with Gasteiger partial charge in [-0.15, -0.1) is 0 Å². The maximum atomic E-state index is 13.8. The number of phenols is 1. The van der Waals surface area contributed by atoms with Gasteiger partial charge in [0.2, 0.25) is 0 Å². The van der Waals surface area contributed by atoms with Gasteiger partial charge in [-0.1, -0.05) is 132 Å². The maximum absolute atomic E-state index is 13.8. The summed E-state index contributed by atoms with van der Waals surface area (Å²) >= 11 is 0. The molecule has 1 N–H and O–H groups in total. The number of hydrogen-bond acceptors (Lipinski definition) is 10. The summed E-state index contributed by atoms with van der Waals surface area (Å²) in [5.74, 6) is -2.06. The van der Waals surface area contributed by atoms with Crippen LogP contribution in [0, 0.1) is 23.7 Å². The van der Waals surface area contributed by atoms with E-state index >= 15 is 0 Å². The Balaban J connectivity index is 2.21. The fraction of sp³-hybridized carbons (Fsp3) is 0.582. The molecule has 4 unspecified atom stereocenters. The number of benzene rings is 3. The monoisotopic (exact) mass is 899 g/mol. The van der Waals surface area contributed by atoms with E-state index in [2.05, 4.69) is 55.4 Å². The van der Waals surface area contributed by atoms with Gasteiger partial charge in [-0.2, -0.15) is 0 Å². The second kappa shape index (κ2) is 29.5. The topological polar surface area (TPSA) is 143 Å². The van der Waals surface area contributed by atoms with Gasteiger partial charge in [0, 0.05) is 5.56 Å². The molecular formula is C55H78O10. The van der Waals surface area contributed by atoms with E-state index < -0.39 is 23.9 Å². The summed E-state index contributed by atoms with van der Waals surface area (Å²) in [4.78, 5) is 68.5. The smallest absolute Gasteiger partial charge is 0.338 e. The number of carbonyl (C=O) groups excluding carboxylic acids is 5. The van der Waals surface area contributed by atoms with Gasteiger partial charge in [0.05, 0.1) is 48.7 Å². The third kappa shape index (κ3) is 17.4. The number of carbonyl (C=O) groups is 5. The average molecular weight is 899 g/mol. The van der Waals surface area contributed by atoms with Gasteiger partial charge in [-0.3, -0.25) is 4.79 Å². The van der Waals surface area contributed by atoms with Gasteiger partial charge in [0.25, 0.3) is 0 Å². The Bertz CT molecular complexity index is 1730. The minimum Gasteiger partial charge on any atom is -0.508 e. The van der Waals surface area contributed by atoms with E-state index in [1.54, 1.807) is 0 Å². The summed E-state index contributed by atoms with van der Waals surface area (Å²) < 4.78 is 23.3. The molecule has 0 aliphatic carbocycles. The molecule has 0 amide bonds. The van der Waals surface area contributed by atoms with Gasteiger partial charge >= 0.3 is 23.9 Å². The lowest BCUT2D eigenvalue weighted by molar-refractivity contribution is 0.0409. The molecule has 0 saturated heterocycles. The summed E-state index contributed by atoms with van der Waals surface area (Å²) in [7, 11) is 0. The van der Waals surface area contributed by atoms with Crippen molar-refractivity contribution < 1.29 is 48.0 Å². The Morgan fingerprint density at radius 3 is 0.923 bits per heavy atom. The van der Waals surface area contributed by atoms with Crippen molar-refractivity contribution in [2.24, 2.45) is 23.7 Å². The molecule has 0 spiro atoms. The highest BCUT2D eigenvalue weighted by atomic mass is 16.5. The predicted molar refractivity (Wildman–Crippen MR) is 259 cm³/mol. The van der Waals surface area contributed by atoms with Crippen molar-refractivity contribution in [1.29, 1.82) is 0 Å². The fourth-order valence-corrected chi connectivity index (χ4v) is 7.98. The lowest BCUT2D eigenvalue weighted by Gasteiger charge is -2.18. The van der Waals surface area contributed by atoms with E-state index in [9.17, 15) is 29.1 Å². The first-order valence-corrected chi connectivity index (χ1v) is 24.7. The van der Waals surface area contributed by atoms with E-state index in [1.165, 1.54) is 48.5 Å². The molecule has 0 saturated carbocycles. The molecule has 0 aliphatic rings. The van der Waals surface area contributed by atoms with Crippen LogP contribution in [0.5, 0.6) is 5.75 Å². The number of aldehydes is 1. The molecule has 0 bridgehead atoms. The molecule has 10 nitrogen and oxygen atoms in total. The van der Waals surface area contributed by atoms with Crippen LogP contribution < -0.4 is 0 Å². The Morgan fingerprint density at radius 2 is 0.708 bits per heavy atom. The van der Waals surface area contributed by atoms with Crippen molar-refractivity contribution in [3.05, 3.63) is 76.3 Å². The highest BCUT2D eigenvalue weighted by Gasteiger charge is 2.24. The third-order valence-corrected chi connectivity index (χ3v) is 12.7. The van der Waals surface area contributed by atoms with Crippen molar-refractivity contribution in [2.45, 2.75) is 158 Å². The average Bonchev–Trinajstić information content (AvgIpc) is 3.33. The maximum Gasteiger partial charge on any atom is 0.338 e. The second-order valence-corrected chi connectivity index (χ2v) is 17.7. The first-order valence-electron chi connectivity index (χ1n) is 24.7. The van der Waals surface area contributed by atoms with Gasteiger partial charge in [0.15, 0.2) is 6.29 Å². The van der Waals surface area contributed by atoms with E-state index in [1.807, 2.05) is 0 Å². The zero-order valence-electron chi connectivity index (χ0n) is 40.8. The third-order valence-electron chi connectivity index (χ3n) is 12.7. The number of esters is 4. The van der Waals surface area contributed by atoms with Crippen LogP contribution >= 0.6 is 0 Å². The molecule has 0 aliphatic heterocycles. The van der Waals surface area contributed by atoms with Crippen LogP contribution in [0.15, 0.2) is 48.5 Å².